The summed E-state index contributed by atoms with van der Waals surface area (Å²) in [6, 6.07) is 0. The topological polar surface area (TPSA) is 84.9 Å². The maximum absolute atomic E-state index is 7.34. The number of nitrogens with zero attached hydrogens (tertiary/aromatic N) is 2. The number of nitrogen functional groups attached to an aromatic ring is 1. The Balaban J connectivity index is 2.34. The number of unbranched alkanes of at least 4 members (excludes halogenated alkanes) is 4. The van der Waals surface area contributed by atoms with Crippen molar-refractivity contribution in [3.8, 4) is 5.88 Å². The molecule has 0 atom stereocenters. The van der Waals surface area contributed by atoms with E-state index in [4.69, 9.17) is 15.9 Å². The fourth-order valence-corrected chi connectivity index (χ4v) is 1.49. The molecule has 0 radical (unpaired) electrons. The minimum atomic E-state index is -0.112. The number of nitrogens with two attached hydrogens (primary N) is 1. The van der Waals surface area contributed by atoms with Crippen molar-refractivity contribution in [1.29, 1.82) is 5.41 Å². The molecule has 0 aromatic carbocycles. The van der Waals surface area contributed by atoms with E-state index in [1.807, 2.05) is 0 Å². The Bertz CT molecular complexity index is 354. The van der Waals surface area contributed by atoms with E-state index in [0.717, 1.165) is 12.8 Å². The second kappa shape index (κ2) is 7.60. The van der Waals surface area contributed by atoms with Crippen LogP contribution in [0.5, 0.6) is 5.88 Å². The second-order valence-corrected chi connectivity index (χ2v) is 3.89. The van der Waals surface area contributed by atoms with E-state index in [1.54, 1.807) is 6.20 Å². The highest BCUT2D eigenvalue weighted by molar-refractivity contribution is 5.94. The third-order valence-corrected chi connectivity index (χ3v) is 2.41. The summed E-state index contributed by atoms with van der Waals surface area (Å²) in [4.78, 5) is 8.00. The SMILES string of the molecule is CCCCCCCOc1nccnc1C(=N)N. The summed E-state index contributed by atoms with van der Waals surface area (Å²) in [6.45, 7) is 2.79. The molecule has 1 heterocycles. The van der Waals surface area contributed by atoms with Crippen LogP contribution in [0.1, 0.15) is 44.7 Å². The maximum atomic E-state index is 7.34. The lowest BCUT2D eigenvalue weighted by atomic mass is 10.2. The number of amidine groups is 1. The molecule has 1 rings (SSSR count). The van der Waals surface area contributed by atoms with Crippen molar-refractivity contribution >= 4 is 5.84 Å². The minimum Gasteiger partial charge on any atom is -0.476 e. The Kier molecular flexibility index (Phi) is 5.99. The van der Waals surface area contributed by atoms with Gasteiger partial charge in [-0.2, -0.15) is 0 Å². The van der Waals surface area contributed by atoms with Gasteiger partial charge in [-0.3, -0.25) is 5.41 Å². The first-order chi connectivity index (χ1) is 8.25. The molecule has 1 aromatic rings. The number of rotatable bonds is 8. The van der Waals surface area contributed by atoms with Gasteiger partial charge < -0.3 is 10.5 Å². The smallest absolute Gasteiger partial charge is 0.243 e. The van der Waals surface area contributed by atoms with Crippen LogP contribution >= 0.6 is 0 Å². The van der Waals surface area contributed by atoms with E-state index >= 15 is 0 Å². The zero-order valence-corrected chi connectivity index (χ0v) is 10.3. The molecular formula is C12H20N4O. The van der Waals surface area contributed by atoms with E-state index in [0.29, 0.717) is 18.2 Å². The highest BCUT2D eigenvalue weighted by atomic mass is 16.5. The van der Waals surface area contributed by atoms with Crippen molar-refractivity contribution in [3.05, 3.63) is 18.1 Å². The average molecular weight is 236 g/mol. The van der Waals surface area contributed by atoms with Crippen LogP contribution in [-0.4, -0.2) is 22.4 Å². The highest BCUT2D eigenvalue weighted by Crippen LogP contribution is 2.11. The maximum Gasteiger partial charge on any atom is 0.243 e. The largest absolute Gasteiger partial charge is 0.476 e. The van der Waals surface area contributed by atoms with Gasteiger partial charge in [-0.15, -0.1) is 0 Å². The Labute approximate surface area is 102 Å². The molecule has 1 aromatic heterocycles. The minimum absolute atomic E-state index is 0.112. The third kappa shape index (κ3) is 4.80. The Morgan fingerprint density at radius 2 is 1.94 bits per heavy atom. The first-order valence-electron chi connectivity index (χ1n) is 6.04. The van der Waals surface area contributed by atoms with Crippen molar-refractivity contribution in [2.75, 3.05) is 6.61 Å². The molecule has 3 N–H and O–H groups in total. The number of hydrogen-bond donors (Lipinski definition) is 2. The van der Waals surface area contributed by atoms with E-state index in [2.05, 4.69) is 16.9 Å². The van der Waals surface area contributed by atoms with Gasteiger partial charge in [-0.25, -0.2) is 9.97 Å². The first kappa shape index (κ1) is 13.4. The molecule has 0 saturated carbocycles. The van der Waals surface area contributed by atoms with Gasteiger partial charge in [0.2, 0.25) is 5.88 Å². The summed E-state index contributed by atoms with van der Waals surface area (Å²) in [5, 5.41) is 7.34. The van der Waals surface area contributed by atoms with Crippen LogP contribution in [0.4, 0.5) is 0 Å². The quantitative estimate of drug-likeness (QED) is 0.411. The molecule has 17 heavy (non-hydrogen) atoms. The van der Waals surface area contributed by atoms with Crippen LogP contribution in [0.25, 0.3) is 0 Å². The number of hydrogen-bond acceptors (Lipinski definition) is 4. The van der Waals surface area contributed by atoms with E-state index in [-0.39, 0.29) is 5.84 Å². The Morgan fingerprint density at radius 3 is 2.65 bits per heavy atom. The van der Waals surface area contributed by atoms with Crippen LogP contribution in [0.3, 0.4) is 0 Å². The van der Waals surface area contributed by atoms with Crippen LogP contribution in [0.2, 0.25) is 0 Å². The fraction of sp³-hybridized carbons (Fsp3) is 0.583. The number of aromatic nitrogens is 2. The molecule has 94 valence electrons. The molecular weight excluding hydrogens is 216 g/mol. The van der Waals surface area contributed by atoms with Crippen LogP contribution in [-0.2, 0) is 0 Å². The standard InChI is InChI=1S/C12H20N4O/c1-2-3-4-5-6-9-17-12-10(11(13)14)15-7-8-16-12/h7-8H,2-6,9H2,1H3,(H3,13,14). The van der Waals surface area contributed by atoms with Crippen molar-refractivity contribution in [2.24, 2.45) is 5.73 Å². The molecule has 0 unspecified atom stereocenters. The lowest BCUT2D eigenvalue weighted by Crippen LogP contribution is -2.16. The Morgan fingerprint density at radius 1 is 1.24 bits per heavy atom. The zero-order valence-electron chi connectivity index (χ0n) is 10.3. The Hall–Kier alpha value is -1.65. The number of nitrogens with one attached hydrogen (secondary N) is 1. The van der Waals surface area contributed by atoms with Gasteiger partial charge in [-0.05, 0) is 6.42 Å². The lowest BCUT2D eigenvalue weighted by molar-refractivity contribution is 0.291. The van der Waals surface area contributed by atoms with Crippen LogP contribution < -0.4 is 10.5 Å². The monoisotopic (exact) mass is 236 g/mol. The molecule has 0 aliphatic heterocycles. The van der Waals surface area contributed by atoms with Gasteiger partial charge >= 0.3 is 0 Å². The van der Waals surface area contributed by atoms with Crippen molar-refractivity contribution in [1.82, 2.24) is 9.97 Å². The summed E-state index contributed by atoms with van der Waals surface area (Å²) in [7, 11) is 0. The third-order valence-electron chi connectivity index (χ3n) is 2.41. The predicted octanol–water partition coefficient (Wildman–Crippen LogP) is 2.11. The van der Waals surface area contributed by atoms with Gasteiger partial charge in [0.25, 0.3) is 0 Å². The van der Waals surface area contributed by atoms with Gasteiger partial charge in [-0.1, -0.05) is 32.6 Å². The van der Waals surface area contributed by atoms with E-state index in [9.17, 15) is 0 Å². The second-order valence-electron chi connectivity index (χ2n) is 3.89. The lowest BCUT2D eigenvalue weighted by Gasteiger charge is -2.07. The van der Waals surface area contributed by atoms with E-state index in [1.165, 1.54) is 25.5 Å². The molecule has 0 saturated heterocycles. The molecule has 0 aliphatic carbocycles. The van der Waals surface area contributed by atoms with Gasteiger partial charge in [0.1, 0.15) is 5.84 Å². The van der Waals surface area contributed by atoms with E-state index < -0.39 is 0 Å². The predicted molar refractivity (Wildman–Crippen MR) is 67.3 cm³/mol. The summed E-state index contributed by atoms with van der Waals surface area (Å²) in [5.41, 5.74) is 5.71. The van der Waals surface area contributed by atoms with Gasteiger partial charge in [0, 0.05) is 12.4 Å². The van der Waals surface area contributed by atoms with Gasteiger partial charge in [0.05, 0.1) is 6.61 Å². The molecule has 0 amide bonds. The normalized spacial score (nSPS) is 10.2. The summed E-state index contributed by atoms with van der Waals surface area (Å²) in [5.74, 6) is 0.245. The molecule has 0 bridgehead atoms. The molecule has 0 spiro atoms. The summed E-state index contributed by atoms with van der Waals surface area (Å²) in [6.07, 6.45) is 8.93. The molecule has 5 heteroatoms. The van der Waals surface area contributed by atoms with Crippen LogP contribution in [0, 0.1) is 5.41 Å². The summed E-state index contributed by atoms with van der Waals surface area (Å²) >= 11 is 0. The average Bonchev–Trinajstić information content (AvgIpc) is 2.34. The molecule has 0 aliphatic rings. The van der Waals surface area contributed by atoms with Gasteiger partial charge in [0.15, 0.2) is 5.69 Å². The zero-order chi connectivity index (χ0) is 12.5. The number of ether oxygens (including phenoxy) is 1. The fourth-order valence-electron chi connectivity index (χ4n) is 1.49. The van der Waals surface area contributed by atoms with Crippen molar-refractivity contribution < 1.29 is 4.74 Å². The van der Waals surface area contributed by atoms with Crippen molar-refractivity contribution in [3.63, 3.8) is 0 Å². The highest BCUT2D eigenvalue weighted by Gasteiger charge is 2.08. The van der Waals surface area contributed by atoms with Crippen LogP contribution in [0.15, 0.2) is 12.4 Å². The summed E-state index contributed by atoms with van der Waals surface area (Å²) < 4.78 is 5.48. The molecule has 5 nitrogen and oxygen atoms in total. The first-order valence-corrected chi connectivity index (χ1v) is 6.04. The molecule has 0 fully saturated rings. The van der Waals surface area contributed by atoms with Crippen molar-refractivity contribution in [2.45, 2.75) is 39.0 Å².